The fourth-order valence-corrected chi connectivity index (χ4v) is 0.727. The summed E-state index contributed by atoms with van der Waals surface area (Å²) in [6, 6.07) is 9.81. The van der Waals surface area contributed by atoms with Crippen LogP contribution in [-0.4, -0.2) is 5.87 Å². The summed E-state index contributed by atoms with van der Waals surface area (Å²) < 4.78 is 0. The molecule has 1 rings (SSSR count). The molecule has 0 heterocycles. The second-order valence-electron chi connectivity index (χ2n) is 2.01. The third kappa shape index (κ3) is 2.70. The van der Waals surface area contributed by atoms with Crippen LogP contribution in [0.15, 0.2) is 42.1 Å². The SMILES string of the molecule is C=C=NOCc1ccccc1. The van der Waals surface area contributed by atoms with E-state index in [0.29, 0.717) is 6.61 Å². The van der Waals surface area contributed by atoms with Crippen LogP contribution in [0.5, 0.6) is 0 Å². The van der Waals surface area contributed by atoms with Crippen LogP contribution in [-0.2, 0) is 11.4 Å². The van der Waals surface area contributed by atoms with Crippen LogP contribution >= 0.6 is 0 Å². The smallest absolute Gasteiger partial charge is 0.143 e. The molecular formula is C9H9NO. The molecule has 56 valence electrons. The zero-order valence-corrected chi connectivity index (χ0v) is 6.16. The summed E-state index contributed by atoms with van der Waals surface area (Å²) in [6.45, 7) is 3.75. The highest BCUT2D eigenvalue weighted by Crippen LogP contribution is 1.99. The first-order valence-electron chi connectivity index (χ1n) is 3.31. The fraction of sp³-hybridized carbons (Fsp3) is 0.111. The highest BCUT2D eigenvalue weighted by molar-refractivity contribution is 5.45. The van der Waals surface area contributed by atoms with Crippen LogP contribution in [0.2, 0.25) is 0 Å². The Hall–Kier alpha value is -1.53. The van der Waals surface area contributed by atoms with Crippen LogP contribution in [0, 0.1) is 0 Å². The van der Waals surface area contributed by atoms with Gasteiger partial charge in [0.1, 0.15) is 6.61 Å². The van der Waals surface area contributed by atoms with Gasteiger partial charge < -0.3 is 4.84 Å². The monoisotopic (exact) mass is 147 g/mol. The van der Waals surface area contributed by atoms with Gasteiger partial charge in [0.25, 0.3) is 0 Å². The summed E-state index contributed by atoms with van der Waals surface area (Å²) in [6.07, 6.45) is 0. The van der Waals surface area contributed by atoms with Gasteiger partial charge in [-0.1, -0.05) is 30.3 Å². The summed E-state index contributed by atoms with van der Waals surface area (Å²) in [5, 5.41) is 3.41. The molecule has 0 unspecified atom stereocenters. The molecule has 0 bridgehead atoms. The van der Waals surface area contributed by atoms with Gasteiger partial charge >= 0.3 is 0 Å². The third-order valence-corrected chi connectivity index (χ3v) is 1.20. The van der Waals surface area contributed by atoms with Gasteiger partial charge in [-0.3, -0.25) is 0 Å². The molecule has 0 radical (unpaired) electrons. The summed E-state index contributed by atoms with van der Waals surface area (Å²) in [5.41, 5.74) is 1.09. The molecule has 0 saturated carbocycles. The van der Waals surface area contributed by atoms with Crippen LogP contribution < -0.4 is 0 Å². The predicted molar refractivity (Wildman–Crippen MR) is 44.3 cm³/mol. The van der Waals surface area contributed by atoms with Gasteiger partial charge in [0, 0.05) is 5.87 Å². The van der Waals surface area contributed by atoms with Crippen LogP contribution in [0.25, 0.3) is 0 Å². The molecule has 1 aromatic carbocycles. The van der Waals surface area contributed by atoms with Gasteiger partial charge in [0.2, 0.25) is 0 Å². The van der Waals surface area contributed by atoms with E-state index < -0.39 is 0 Å². The van der Waals surface area contributed by atoms with Gasteiger partial charge in [-0.25, -0.2) is 0 Å². The minimum Gasteiger partial charge on any atom is -0.384 e. The lowest BCUT2D eigenvalue weighted by atomic mass is 10.2. The summed E-state index contributed by atoms with van der Waals surface area (Å²) in [7, 11) is 0. The Morgan fingerprint density at radius 2 is 2.09 bits per heavy atom. The highest BCUT2D eigenvalue weighted by atomic mass is 16.6. The van der Waals surface area contributed by atoms with Gasteiger partial charge in [-0.15, -0.1) is 0 Å². The molecule has 0 fully saturated rings. The molecule has 0 atom stereocenters. The lowest BCUT2D eigenvalue weighted by molar-refractivity contribution is 0.133. The van der Waals surface area contributed by atoms with Crippen molar-refractivity contribution in [3.63, 3.8) is 0 Å². The van der Waals surface area contributed by atoms with E-state index in [2.05, 4.69) is 17.6 Å². The molecule has 1 aromatic rings. The average Bonchev–Trinajstić information content (AvgIpc) is 2.07. The Labute approximate surface area is 65.8 Å². The van der Waals surface area contributed by atoms with Crippen molar-refractivity contribution in [2.75, 3.05) is 0 Å². The Kier molecular flexibility index (Phi) is 2.97. The fourth-order valence-electron chi connectivity index (χ4n) is 0.727. The van der Waals surface area contributed by atoms with Crippen molar-refractivity contribution in [3.05, 3.63) is 42.5 Å². The van der Waals surface area contributed by atoms with Crippen molar-refractivity contribution in [1.82, 2.24) is 0 Å². The van der Waals surface area contributed by atoms with Crippen molar-refractivity contribution in [1.29, 1.82) is 0 Å². The first-order chi connectivity index (χ1) is 5.43. The summed E-state index contributed by atoms with van der Waals surface area (Å²) >= 11 is 0. The second kappa shape index (κ2) is 4.31. The molecule has 0 aliphatic rings. The molecule has 2 nitrogen and oxygen atoms in total. The van der Waals surface area contributed by atoms with E-state index in [1.54, 1.807) is 0 Å². The topological polar surface area (TPSA) is 21.6 Å². The molecule has 0 spiro atoms. The highest BCUT2D eigenvalue weighted by Gasteiger charge is 1.87. The predicted octanol–water partition coefficient (Wildman–Crippen LogP) is 1.97. The van der Waals surface area contributed by atoms with E-state index in [4.69, 9.17) is 4.84 Å². The van der Waals surface area contributed by atoms with Crippen LogP contribution in [0.1, 0.15) is 5.56 Å². The van der Waals surface area contributed by atoms with Gasteiger partial charge in [-0.05, 0) is 17.3 Å². The number of nitrogens with zero attached hydrogens (tertiary/aromatic N) is 1. The molecule has 2 heteroatoms. The van der Waals surface area contributed by atoms with Crippen molar-refractivity contribution >= 4 is 5.87 Å². The molecule has 0 aliphatic carbocycles. The minimum atomic E-state index is 0.476. The molecule has 0 aliphatic heterocycles. The van der Waals surface area contributed by atoms with E-state index in [1.165, 1.54) is 0 Å². The zero-order valence-electron chi connectivity index (χ0n) is 6.16. The lowest BCUT2D eigenvalue weighted by Crippen LogP contribution is -1.84. The van der Waals surface area contributed by atoms with E-state index in [1.807, 2.05) is 30.3 Å². The molecular weight excluding hydrogens is 138 g/mol. The van der Waals surface area contributed by atoms with Crippen molar-refractivity contribution in [2.45, 2.75) is 6.61 Å². The standard InChI is InChI=1S/C9H9NO/c1-2-10-11-8-9-6-4-3-5-7-9/h3-7H,1,8H2. The van der Waals surface area contributed by atoms with E-state index in [-0.39, 0.29) is 0 Å². The maximum Gasteiger partial charge on any atom is 0.143 e. The quantitative estimate of drug-likeness (QED) is 0.473. The van der Waals surface area contributed by atoms with Crippen LogP contribution in [0.4, 0.5) is 0 Å². The van der Waals surface area contributed by atoms with E-state index in [0.717, 1.165) is 5.56 Å². The molecule has 0 saturated heterocycles. The number of rotatable bonds is 3. The van der Waals surface area contributed by atoms with Crippen molar-refractivity contribution < 1.29 is 4.84 Å². The largest absolute Gasteiger partial charge is 0.384 e. The van der Waals surface area contributed by atoms with Crippen LogP contribution in [0.3, 0.4) is 0 Å². The third-order valence-electron chi connectivity index (χ3n) is 1.20. The van der Waals surface area contributed by atoms with Gasteiger partial charge in [0.05, 0.1) is 0 Å². The first-order valence-corrected chi connectivity index (χ1v) is 3.31. The maximum atomic E-state index is 4.82. The first kappa shape index (κ1) is 7.58. The summed E-state index contributed by atoms with van der Waals surface area (Å²) in [5.74, 6) is 2.29. The molecule has 11 heavy (non-hydrogen) atoms. The number of hydrogen-bond donors (Lipinski definition) is 0. The average molecular weight is 147 g/mol. The molecule has 0 N–H and O–H groups in total. The second-order valence-corrected chi connectivity index (χ2v) is 2.01. The van der Waals surface area contributed by atoms with E-state index in [9.17, 15) is 0 Å². The zero-order chi connectivity index (χ0) is 7.94. The number of hydrogen-bond acceptors (Lipinski definition) is 2. The normalized spacial score (nSPS) is 8.36. The molecule has 0 aromatic heterocycles. The lowest BCUT2D eigenvalue weighted by Gasteiger charge is -1.95. The minimum absolute atomic E-state index is 0.476. The Bertz CT molecular complexity index is 250. The number of benzene rings is 1. The molecule has 0 amide bonds. The Balaban J connectivity index is 2.45. The van der Waals surface area contributed by atoms with Gasteiger partial charge in [0.15, 0.2) is 0 Å². The van der Waals surface area contributed by atoms with E-state index >= 15 is 0 Å². The van der Waals surface area contributed by atoms with Gasteiger partial charge in [-0.2, -0.15) is 0 Å². The van der Waals surface area contributed by atoms with Crippen molar-refractivity contribution in [3.8, 4) is 0 Å². The Morgan fingerprint density at radius 3 is 2.73 bits per heavy atom. The Morgan fingerprint density at radius 1 is 1.36 bits per heavy atom. The maximum absolute atomic E-state index is 4.82. The summed E-state index contributed by atoms with van der Waals surface area (Å²) in [4.78, 5) is 4.82. The van der Waals surface area contributed by atoms with Crippen molar-refractivity contribution in [2.24, 2.45) is 5.16 Å².